The number of aromatic nitrogens is 2. The second-order valence-corrected chi connectivity index (χ2v) is 7.06. The standard InChI is InChI=1S/C17H20Cl2N4O2/c1-11-5-7-12(8-6-11)23-15(24)14(19)13(9-20-23)22(4)21-16(25)17(2,3)10-18/h5-9H,10H2,1-4H3,(H,21,25). The van der Waals surface area contributed by atoms with Crippen molar-refractivity contribution >= 4 is 34.8 Å². The molecule has 134 valence electrons. The van der Waals surface area contributed by atoms with Crippen LogP contribution in [-0.2, 0) is 4.79 Å². The van der Waals surface area contributed by atoms with Crippen molar-refractivity contribution in [3.05, 3.63) is 51.4 Å². The summed E-state index contributed by atoms with van der Waals surface area (Å²) in [6.07, 6.45) is 1.43. The molecule has 2 aromatic rings. The molecule has 0 radical (unpaired) electrons. The van der Waals surface area contributed by atoms with E-state index in [-0.39, 0.29) is 16.8 Å². The molecule has 0 aliphatic heterocycles. The molecule has 25 heavy (non-hydrogen) atoms. The largest absolute Gasteiger partial charge is 0.292 e. The van der Waals surface area contributed by atoms with Gasteiger partial charge in [-0.3, -0.25) is 20.0 Å². The summed E-state index contributed by atoms with van der Waals surface area (Å²) in [6.45, 7) is 5.40. The molecule has 0 bridgehead atoms. The molecular weight excluding hydrogens is 363 g/mol. The van der Waals surface area contributed by atoms with E-state index < -0.39 is 11.0 Å². The molecule has 0 fully saturated rings. The number of carbonyl (C=O) groups excluding carboxylic acids is 1. The molecule has 6 nitrogen and oxygen atoms in total. The summed E-state index contributed by atoms with van der Waals surface area (Å²) in [4.78, 5) is 24.7. The van der Waals surface area contributed by atoms with E-state index in [1.807, 2.05) is 19.1 Å². The summed E-state index contributed by atoms with van der Waals surface area (Å²) in [7, 11) is 1.58. The maximum atomic E-state index is 12.5. The lowest BCUT2D eigenvalue weighted by Crippen LogP contribution is -2.47. The first kappa shape index (κ1) is 19.3. The number of hydrogen-bond donors (Lipinski definition) is 1. The van der Waals surface area contributed by atoms with Crippen LogP contribution in [0.1, 0.15) is 19.4 Å². The van der Waals surface area contributed by atoms with Crippen LogP contribution >= 0.6 is 23.2 Å². The van der Waals surface area contributed by atoms with Gasteiger partial charge in [0.2, 0.25) is 5.91 Å². The maximum absolute atomic E-state index is 12.5. The summed E-state index contributed by atoms with van der Waals surface area (Å²) >= 11 is 12.0. The van der Waals surface area contributed by atoms with Crippen molar-refractivity contribution in [2.24, 2.45) is 5.41 Å². The molecule has 0 saturated heterocycles. The molecule has 1 N–H and O–H groups in total. The Balaban J connectivity index is 2.32. The number of carbonyl (C=O) groups is 1. The topological polar surface area (TPSA) is 67.2 Å². The van der Waals surface area contributed by atoms with Crippen LogP contribution in [0.3, 0.4) is 0 Å². The molecule has 1 aromatic heterocycles. The number of rotatable bonds is 5. The zero-order valence-corrected chi connectivity index (χ0v) is 16.0. The fourth-order valence-corrected chi connectivity index (χ4v) is 2.33. The van der Waals surface area contributed by atoms with E-state index in [9.17, 15) is 9.59 Å². The molecular formula is C17H20Cl2N4O2. The van der Waals surface area contributed by atoms with Gasteiger partial charge in [-0.15, -0.1) is 11.6 Å². The minimum atomic E-state index is -0.757. The summed E-state index contributed by atoms with van der Waals surface area (Å²) in [6, 6.07) is 7.33. The van der Waals surface area contributed by atoms with Crippen LogP contribution in [-0.4, -0.2) is 28.6 Å². The predicted molar refractivity (Wildman–Crippen MR) is 101 cm³/mol. The highest BCUT2D eigenvalue weighted by Gasteiger charge is 2.28. The number of nitrogens with one attached hydrogen (secondary N) is 1. The van der Waals surface area contributed by atoms with Crippen molar-refractivity contribution in [2.45, 2.75) is 20.8 Å². The van der Waals surface area contributed by atoms with E-state index in [4.69, 9.17) is 23.2 Å². The first-order chi connectivity index (χ1) is 11.7. The average molecular weight is 383 g/mol. The Morgan fingerprint density at radius 3 is 2.48 bits per heavy atom. The Bertz CT molecular complexity index is 832. The third kappa shape index (κ3) is 4.14. The second kappa shape index (κ2) is 7.45. The third-order valence-electron chi connectivity index (χ3n) is 3.76. The van der Waals surface area contributed by atoms with Crippen LogP contribution in [0.15, 0.2) is 35.3 Å². The van der Waals surface area contributed by atoms with Gasteiger partial charge in [0, 0.05) is 12.9 Å². The Morgan fingerprint density at radius 1 is 1.32 bits per heavy atom. The summed E-state index contributed by atoms with van der Waals surface area (Å²) in [5.41, 5.74) is 3.41. The molecule has 1 heterocycles. The van der Waals surface area contributed by atoms with Gasteiger partial charge >= 0.3 is 0 Å². The van der Waals surface area contributed by atoms with Gasteiger partial charge in [0.05, 0.1) is 17.3 Å². The highest BCUT2D eigenvalue weighted by Crippen LogP contribution is 2.21. The van der Waals surface area contributed by atoms with E-state index in [0.29, 0.717) is 11.4 Å². The number of alkyl halides is 1. The Hall–Kier alpha value is -2.05. The number of benzene rings is 1. The minimum Gasteiger partial charge on any atom is -0.285 e. The van der Waals surface area contributed by atoms with Gasteiger partial charge < -0.3 is 0 Å². The van der Waals surface area contributed by atoms with E-state index in [0.717, 1.165) is 5.56 Å². The zero-order chi connectivity index (χ0) is 18.8. The smallest absolute Gasteiger partial charge is 0.285 e. The molecule has 0 atom stereocenters. The molecule has 0 aliphatic rings. The Kier molecular flexibility index (Phi) is 5.75. The quantitative estimate of drug-likeness (QED) is 0.637. The Morgan fingerprint density at radius 2 is 1.92 bits per heavy atom. The molecule has 1 amide bonds. The summed E-state index contributed by atoms with van der Waals surface area (Å²) in [5, 5.41) is 5.48. The second-order valence-electron chi connectivity index (χ2n) is 6.41. The van der Waals surface area contributed by atoms with Crippen molar-refractivity contribution in [3.8, 4) is 5.69 Å². The van der Waals surface area contributed by atoms with Gasteiger partial charge in [0.1, 0.15) is 10.7 Å². The maximum Gasteiger partial charge on any atom is 0.292 e. The lowest BCUT2D eigenvalue weighted by atomic mass is 9.96. The van der Waals surface area contributed by atoms with Crippen LogP contribution in [0.5, 0.6) is 0 Å². The highest BCUT2D eigenvalue weighted by molar-refractivity contribution is 6.33. The van der Waals surface area contributed by atoms with Crippen molar-refractivity contribution in [3.63, 3.8) is 0 Å². The number of hydrogen-bond acceptors (Lipinski definition) is 4. The van der Waals surface area contributed by atoms with Crippen molar-refractivity contribution < 1.29 is 4.79 Å². The predicted octanol–water partition coefficient (Wildman–Crippen LogP) is 2.93. The number of anilines is 1. The van der Waals surface area contributed by atoms with Crippen molar-refractivity contribution in [1.29, 1.82) is 0 Å². The SMILES string of the molecule is Cc1ccc(-n2ncc(N(C)NC(=O)C(C)(C)CCl)c(Cl)c2=O)cc1. The molecule has 1 aromatic carbocycles. The summed E-state index contributed by atoms with van der Waals surface area (Å²) < 4.78 is 1.21. The highest BCUT2D eigenvalue weighted by atomic mass is 35.5. The van der Waals surface area contributed by atoms with Crippen LogP contribution in [0.4, 0.5) is 5.69 Å². The molecule has 0 unspecified atom stereocenters. The number of aryl methyl sites for hydroxylation is 1. The van der Waals surface area contributed by atoms with Gasteiger partial charge in [0.25, 0.3) is 5.56 Å². The average Bonchev–Trinajstić information content (AvgIpc) is 2.58. The van der Waals surface area contributed by atoms with Crippen LogP contribution in [0.2, 0.25) is 5.02 Å². The van der Waals surface area contributed by atoms with E-state index in [2.05, 4.69) is 10.5 Å². The third-order valence-corrected chi connectivity index (χ3v) is 4.78. The van der Waals surface area contributed by atoms with E-state index >= 15 is 0 Å². The van der Waals surface area contributed by atoms with Gasteiger partial charge in [-0.05, 0) is 32.9 Å². The summed E-state index contributed by atoms with van der Waals surface area (Å²) in [5.74, 6) is -0.128. The van der Waals surface area contributed by atoms with Gasteiger partial charge in [-0.25, -0.2) is 0 Å². The van der Waals surface area contributed by atoms with Crippen LogP contribution < -0.4 is 16.0 Å². The minimum absolute atomic E-state index is 0.0398. The van der Waals surface area contributed by atoms with Crippen LogP contribution in [0, 0.1) is 12.3 Å². The number of amides is 1. The number of nitrogens with zero attached hydrogens (tertiary/aromatic N) is 3. The van der Waals surface area contributed by atoms with E-state index in [1.165, 1.54) is 15.9 Å². The van der Waals surface area contributed by atoms with Crippen LogP contribution in [0.25, 0.3) is 5.69 Å². The molecule has 0 saturated carbocycles. The lowest BCUT2D eigenvalue weighted by Gasteiger charge is -2.27. The molecule has 0 aliphatic carbocycles. The number of hydrazine groups is 1. The lowest BCUT2D eigenvalue weighted by molar-refractivity contribution is -0.128. The normalized spacial score (nSPS) is 11.3. The van der Waals surface area contributed by atoms with Gasteiger partial charge in [-0.2, -0.15) is 9.78 Å². The fourth-order valence-electron chi connectivity index (χ4n) is 1.95. The van der Waals surface area contributed by atoms with Gasteiger partial charge in [0.15, 0.2) is 0 Å². The molecule has 0 spiro atoms. The monoisotopic (exact) mass is 382 g/mol. The first-order valence-corrected chi connectivity index (χ1v) is 8.54. The Labute approximate surface area is 156 Å². The zero-order valence-electron chi connectivity index (χ0n) is 14.5. The van der Waals surface area contributed by atoms with Gasteiger partial charge in [-0.1, -0.05) is 29.3 Å². The van der Waals surface area contributed by atoms with E-state index in [1.54, 1.807) is 33.0 Å². The fraction of sp³-hybridized carbons (Fsp3) is 0.353. The van der Waals surface area contributed by atoms with Crippen molar-refractivity contribution in [1.82, 2.24) is 15.2 Å². The number of halogens is 2. The molecule has 8 heteroatoms. The van der Waals surface area contributed by atoms with Crippen molar-refractivity contribution in [2.75, 3.05) is 17.9 Å². The first-order valence-electron chi connectivity index (χ1n) is 7.63. The molecule has 2 rings (SSSR count).